The number of hydrogen-bond donors (Lipinski definition) is 0. The van der Waals surface area contributed by atoms with Crippen molar-refractivity contribution in [1.82, 2.24) is 9.47 Å². The summed E-state index contributed by atoms with van der Waals surface area (Å²) < 4.78 is 13.2. The van der Waals surface area contributed by atoms with Gasteiger partial charge in [0.1, 0.15) is 24.1 Å². The lowest BCUT2D eigenvalue weighted by molar-refractivity contribution is -0.137. The van der Waals surface area contributed by atoms with E-state index < -0.39 is 0 Å². The maximum atomic E-state index is 14.2. The van der Waals surface area contributed by atoms with E-state index in [1.807, 2.05) is 71.8 Å². The number of benzene rings is 3. The van der Waals surface area contributed by atoms with Crippen molar-refractivity contribution in [3.05, 3.63) is 107 Å². The van der Waals surface area contributed by atoms with Crippen LogP contribution in [0.4, 0.5) is 5.69 Å². The molecule has 1 saturated carbocycles. The Bertz CT molecular complexity index is 1500. The Kier molecular flexibility index (Phi) is 6.75. The van der Waals surface area contributed by atoms with Crippen LogP contribution in [0.1, 0.15) is 30.1 Å². The van der Waals surface area contributed by atoms with Gasteiger partial charge in [0.25, 0.3) is 5.91 Å². The van der Waals surface area contributed by atoms with E-state index in [-0.39, 0.29) is 37.0 Å². The van der Waals surface area contributed by atoms with Crippen LogP contribution < -0.4 is 14.4 Å². The Morgan fingerprint density at radius 1 is 0.897 bits per heavy atom. The van der Waals surface area contributed by atoms with E-state index in [0.717, 1.165) is 41.2 Å². The van der Waals surface area contributed by atoms with E-state index in [4.69, 9.17) is 21.1 Å². The summed E-state index contributed by atoms with van der Waals surface area (Å²) in [4.78, 5) is 31.0. The molecule has 2 aliphatic rings. The maximum Gasteiger partial charge on any atom is 0.261 e. The van der Waals surface area contributed by atoms with Crippen molar-refractivity contribution in [2.75, 3.05) is 25.2 Å². The van der Waals surface area contributed by atoms with Crippen molar-refractivity contribution >= 4 is 29.1 Å². The molecule has 0 radical (unpaired) electrons. The third-order valence-corrected chi connectivity index (χ3v) is 7.46. The summed E-state index contributed by atoms with van der Waals surface area (Å²) in [5, 5.41) is 0.596. The van der Waals surface area contributed by atoms with Gasteiger partial charge in [-0.3, -0.25) is 14.5 Å². The summed E-state index contributed by atoms with van der Waals surface area (Å²) in [5.41, 5.74) is 3.65. The molecule has 6 rings (SSSR count). The number of aromatic nitrogens is 1. The van der Waals surface area contributed by atoms with E-state index in [9.17, 15) is 9.59 Å². The van der Waals surface area contributed by atoms with Crippen LogP contribution in [0.2, 0.25) is 5.02 Å². The number of amides is 2. The number of anilines is 1. The van der Waals surface area contributed by atoms with E-state index in [2.05, 4.69) is 4.57 Å². The van der Waals surface area contributed by atoms with Crippen LogP contribution in [0.3, 0.4) is 0 Å². The van der Waals surface area contributed by atoms with E-state index in [1.165, 1.54) is 0 Å². The van der Waals surface area contributed by atoms with Crippen molar-refractivity contribution in [2.45, 2.75) is 24.9 Å². The highest BCUT2D eigenvalue weighted by molar-refractivity contribution is 6.30. The molecule has 198 valence electrons. The number of nitrogens with zero attached hydrogens (tertiary/aromatic N) is 3. The molecular formula is C31H28ClN3O4. The van der Waals surface area contributed by atoms with Gasteiger partial charge in [0, 0.05) is 17.3 Å². The summed E-state index contributed by atoms with van der Waals surface area (Å²) in [7, 11) is 1.63. The molecular weight excluding hydrogens is 514 g/mol. The molecule has 1 aliphatic heterocycles. The van der Waals surface area contributed by atoms with Gasteiger partial charge in [0.2, 0.25) is 5.91 Å². The quantitative estimate of drug-likeness (QED) is 0.289. The van der Waals surface area contributed by atoms with Gasteiger partial charge in [-0.25, -0.2) is 0 Å². The Hall–Kier alpha value is -4.23. The summed E-state index contributed by atoms with van der Waals surface area (Å²) in [6.45, 7) is -0.179. The maximum absolute atomic E-state index is 14.2. The Labute approximate surface area is 232 Å². The second kappa shape index (κ2) is 10.5. The van der Waals surface area contributed by atoms with Crippen molar-refractivity contribution in [3.8, 4) is 17.2 Å². The monoisotopic (exact) mass is 541 g/mol. The lowest BCUT2D eigenvalue weighted by Crippen LogP contribution is -2.48. The smallest absolute Gasteiger partial charge is 0.261 e. The molecule has 3 aromatic carbocycles. The minimum atomic E-state index is -0.366. The van der Waals surface area contributed by atoms with Crippen LogP contribution in [-0.2, 0) is 9.59 Å². The molecule has 1 aromatic heterocycles. The summed E-state index contributed by atoms with van der Waals surface area (Å²) >= 11 is 5.96. The number of methoxy groups -OCH3 is 1. The van der Waals surface area contributed by atoms with Crippen LogP contribution in [0.5, 0.6) is 11.5 Å². The van der Waals surface area contributed by atoms with E-state index >= 15 is 0 Å². The molecule has 8 heteroatoms. The van der Waals surface area contributed by atoms with Crippen LogP contribution in [0.15, 0.2) is 91.1 Å². The second-order valence-electron chi connectivity index (χ2n) is 9.73. The minimum Gasteiger partial charge on any atom is -0.497 e. The predicted octanol–water partition coefficient (Wildman–Crippen LogP) is 5.65. The molecule has 1 fully saturated rings. The van der Waals surface area contributed by atoms with E-state index in [0.29, 0.717) is 10.8 Å². The Balaban J connectivity index is 1.30. The zero-order valence-electron chi connectivity index (χ0n) is 21.5. The van der Waals surface area contributed by atoms with Crippen molar-refractivity contribution < 1.29 is 19.1 Å². The van der Waals surface area contributed by atoms with Crippen LogP contribution >= 0.6 is 11.6 Å². The SMILES string of the molecule is COc1ccc([C@@H]2c3cccn3-c3ccccc3N2C(=O)CN(C(=O)COc2ccc(Cl)cc2)C2CC2)cc1. The van der Waals surface area contributed by atoms with Gasteiger partial charge < -0.3 is 18.9 Å². The summed E-state index contributed by atoms with van der Waals surface area (Å²) in [5.74, 6) is 0.937. The van der Waals surface area contributed by atoms with Crippen molar-refractivity contribution in [3.63, 3.8) is 0 Å². The third kappa shape index (κ3) is 4.98. The third-order valence-electron chi connectivity index (χ3n) is 7.21. The average Bonchev–Trinajstić information content (AvgIpc) is 3.69. The van der Waals surface area contributed by atoms with Gasteiger partial charge in [-0.2, -0.15) is 0 Å². The molecule has 2 amide bonds. The fourth-order valence-corrected chi connectivity index (χ4v) is 5.28. The molecule has 0 bridgehead atoms. The largest absolute Gasteiger partial charge is 0.497 e. The molecule has 0 unspecified atom stereocenters. The van der Waals surface area contributed by atoms with E-state index in [1.54, 1.807) is 36.3 Å². The molecule has 0 N–H and O–H groups in total. The standard InChI is InChI=1S/C31H28ClN3O4/c1-38-24-14-8-21(9-15-24)31-28-7-4-18-33(28)26-5-2-3-6-27(26)35(31)29(36)19-34(23-12-13-23)30(37)20-39-25-16-10-22(32)11-17-25/h2-11,14-18,23,31H,12-13,19-20H2,1H3/t31-/m1/s1. The van der Waals surface area contributed by atoms with Crippen molar-refractivity contribution in [1.29, 1.82) is 0 Å². The van der Waals surface area contributed by atoms with Crippen molar-refractivity contribution in [2.24, 2.45) is 0 Å². The van der Waals surface area contributed by atoms with Gasteiger partial charge in [0.15, 0.2) is 6.61 Å². The minimum absolute atomic E-state index is 0.0326. The molecule has 39 heavy (non-hydrogen) atoms. The van der Waals surface area contributed by atoms with Crippen LogP contribution in [-0.4, -0.2) is 47.6 Å². The number of carbonyl (C=O) groups excluding carboxylic acids is 2. The zero-order chi connectivity index (χ0) is 26.9. The summed E-state index contributed by atoms with van der Waals surface area (Å²) in [6.07, 6.45) is 3.77. The first-order chi connectivity index (χ1) is 19.0. The zero-order valence-corrected chi connectivity index (χ0v) is 22.3. The number of carbonyl (C=O) groups is 2. The first-order valence-electron chi connectivity index (χ1n) is 12.9. The topological polar surface area (TPSA) is 64.0 Å². The van der Waals surface area contributed by atoms with Gasteiger partial charge >= 0.3 is 0 Å². The molecule has 0 saturated heterocycles. The van der Waals surface area contributed by atoms with Gasteiger partial charge in [-0.05, 0) is 79.1 Å². The fraction of sp³-hybridized carbons (Fsp3) is 0.226. The number of ether oxygens (including phenoxy) is 2. The highest BCUT2D eigenvalue weighted by atomic mass is 35.5. The number of fused-ring (bicyclic) bond motifs is 3. The number of para-hydroxylation sites is 2. The Morgan fingerprint density at radius 3 is 2.28 bits per heavy atom. The summed E-state index contributed by atoms with van der Waals surface area (Å²) in [6, 6.07) is 26.2. The molecule has 7 nitrogen and oxygen atoms in total. The highest BCUT2D eigenvalue weighted by Gasteiger charge is 2.40. The predicted molar refractivity (Wildman–Crippen MR) is 150 cm³/mol. The lowest BCUT2D eigenvalue weighted by atomic mass is 9.97. The number of rotatable bonds is 8. The molecule has 0 spiro atoms. The van der Waals surface area contributed by atoms with Crippen LogP contribution in [0, 0.1) is 0 Å². The van der Waals surface area contributed by atoms with Gasteiger partial charge in [-0.15, -0.1) is 0 Å². The second-order valence-corrected chi connectivity index (χ2v) is 10.2. The first-order valence-corrected chi connectivity index (χ1v) is 13.3. The fourth-order valence-electron chi connectivity index (χ4n) is 5.15. The molecule has 2 heterocycles. The highest BCUT2D eigenvalue weighted by Crippen LogP contribution is 2.43. The Morgan fingerprint density at radius 2 is 1.59 bits per heavy atom. The van der Waals surface area contributed by atoms with Crippen LogP contribution in [0.25, 0.3) is 5.69 Å². The molecule has 1 atom stereocenters. The normalized spacial score (nSPS) is 15.7. The van der Waals surface area contributed by atoms with Gasteiger partial charge in [0.05, 0.1) is 24.2 Å². The average molecular weight is 542 g/mol. The van der Waals surface area contributed by atoms with Gasteiger partial charge in [-0.1, -0.05) is 35.9 Å². The molecule has 4 aromatic rings. The lowest BCUT2D eigenvalue weighted by Gasteiger charge is -2.39. The number of hydrogen-bond acceptors (Lipinski definition) is 4. The number of halogens is 1. The first kappa shape index (κ1) is 25.1. The molecule has 1 aliphatic carbocycles.